The summed E-state index contributed by atoms with van der Waals surface area (Å²) in [5, 5.41) is 9.66. The summed E-state index contributed by atoms with van der Waals surface area (Å²) in [6.07, 6.45) is 0. The Morgan fingerprint density at radius 3 is 2.75 bits per heavy atom. The molecular weight excluding hydrogens is 274 g/mol. The highest BCUT2D eigenvalue weighted by Gasteiger charge is 2.16. The van der Waals surface area contributed by atoms with E-state index in [1.165, 1.54) is 12.1 Å². The number of halogens is 1. The maximum atomic E-state index is 11.7. The molecule has 1 unspecified atom stereocenters. The Balaban J connectivity index is 3.18. The van der Waals surface area contributed by atoms with Crippen molar-refractivity contribution in [2.45, 2.75) is 19.9 Å². The molecule has 1 atom stereocenters. The van der Waals surface area contributed by atoms with Crippen LogP contribution in [0, 0.1) is 0 Å². The van der Waals surface area contributed by atoms with Crippen LogP contribution in [0.5, 0.6) is 11.5 Å². The first-order chi connectivity index (χ1) is 7.47. The standard InChI is InChI=1S/C11H14BrNO3/c1-3-16-9-5-7(10(14)6(2)13)4-8(12)11(9)15/h4-6,15H,3,13H2,1-2H3. The number of benzene rings is 1. The van der Waals surface area contributed by atoms with Gasteiger partial charge in [0.2, 0.25) is 0 Å². The number of aromatic hydroxyl groups is 1. The maximum absolute atomic E-state index is 11.7. The van der Waals surface area contributed by atoms with Crippen molar-refractivity contribution in [2.24, 2.45) is 5.73 Å². The Bertz CT molecular complexity index is 404. The average Bonchev–Trinajstić information content (AvgIpc) is 2.23. The van der Waals surface area contributed by atoms with Gasteiger partial charge in [-0.3, -0.25) is 4.79 Å². The van der Waals surface area contributed by atoms with Crippen LogP contribution in [-0.2, 0) is 0 Å². The van der Waals surface area contributed by atoms with Crippen LogP contribution in [0.3, 0.4) is 0 Å². The van der Waals surface area contributed by atoms with Crippen molar-refractivity contribution < 1.29 is 14.6 Å². The van der Waals surface area contributed by atoms with Gasteiger partial charge >= 0.3 is 0 Å². The summed E-state index contributed by atoms with van der Waals surface area (Å²) >= 11 is 3.16. The van der Waals surface area contributed by atoms with Gasteiger partial charge in [0.05, 0.1) is 17.1 Å². The minimum Gasteiger partial charge on any atom is -0.503 e. The fourth-order valence-electron chi connectivity index (χ4n) is 1.24. The number of hydrogen-bond acceptors (Lipinski definition) is 4. The molecule has 3 N–H and O–H groups in total. The highest BCUT2D eigenvalue weighted by atomic mass is 79.9. The number of ether oxygens (including phenoxy) is 1. The predicted octanol–water partition coefficient (Wildman–Crippen LogP) is 2.08. The zero-order chi connectivity index (χ0) is 12.3. The molecule has 5 heteroatoms. The molecule has 88 valence electrons. The van der Waals surface area contributed by atoms with Gasteiger partial charge in [-0.15, -0.1) is 0 Å². The van der Waals surface area contributed by atoms with E-state index in [1.54, 1.807) is 13.8 Å². The maximum Gasteiger partial charge on any atom is 0.179 e. The van der Waals surface area contributed by atoms with Crippen molar-refractivity contribution in [3.63, 3.8) is 0 Å². The minimum absolute atomic E-state index is 0.0110. The van der Waals surface area contributed by atoms with Gasteiger partial charge in [-0.25, -0.2) is 0 Å². The second-order valence-corrected chi connectivity index (χ2v) is 4.25. The lowest BCUT2D eigenvalue weighted by Gasteiger charge is -2.11. The number of carbonyl (C=O) groups is 1. The summed E-state index contributed by atoms with van der Waals surface area (Å²) in [5.74, 6) is 0.0746. The lowest BCUT2D eigenvalue weighted by atomic mass is 10.1. The van der Waals surface area contributed by atoms with Crippen LogP contribution >= 0.6 is 15.9 Å². The van der Waals surface area contributed by atoms with Crippen molar-refractivity contribution in [3.8, 4) is 11.5 Å². The minimum atomic E-state index is -0.578. The zero-order valence-electron chi connectivity index (χ0n) is 9.16. The van der Waals surface area contributed by atoms with Gasteiger partial charge in [0.1, 0.15) is 0 Å². The van der Waals surface area contributed by atoms with E-state index in [4.69, 9.17) is 10.5 Å². The van der Waals surface area contributed by atoms with Crippen molar-refractivity contribution in [2.75, 3.05) is 6.61 Å². The molecule has 0 saturated carbocycles. The predicted molar refractivity (Wildman–Crippen MR) is 65.0 cm³/mol. The smallest absolute Gasteiger partial charge is 0.179 e. The summed E-state index contributed by atoms with van der Waals surface area (Å²) in [5.41, 5.74) is 5.93. The summed E-state index contributed by atoms with van der Waals surface area (Å²) in [6, 6.07) is 2.45. The summed E-state index contributed by atoms with van der Waals surface area (Å²) in [7, 11) is 0. The fourth-order valence-corrected chi connectivity index (χ4v) is 1.69. The van der Waals surface area contributed by atoms with E-state index >= 15 is 0 Å². The van der Waals surface area contributed by atoms with E-state index in [0.29, 0.717) is 16.6 Å². The molecule has 4 nitrogen and oxygen atoms in total. The molecule has 0 amide bonds. The lowest BCUT2D eigenvalue weighted by molar-refractivity contribution is 0.0967. The third-order valence-corrected chi connectivity index (χ3v) is 2.63. The normalized spacial score (nSPS) is 12.2. The van der Waals surface area contributed by atoms with Crippen LogP contribution < -0.4 is 10.5 Å². The van der Waals surface area contributed by atoms with E-state index in [-0.39, 0.29) is 17.3 Å². The van der Waals surface area contributed by atoms with Crippen LogP contribution in [0.15, 0.2) is 16.6 Å². The van der Waals surface area contributed by atoms with E-state index in [0.717, 1.165) is 0 Å². The van der Waals surface area contributed by atoms with Crippen LogP contribution in [0.4, 0.5) is 0 Å². The van der Waals surface area contributed by atoms with Gasteiger partial charge in [-0.2, -0.15) is 0 Å². The first kappa shape index (κ1) is 13.0. The molecule has 0 heterocycles. The van der Waals surface area contributed by atoms with Crippen LogP contribution in [0.2, 0.25) is 0 Å². The van der Waals surface area contributed by atoms with Crippen molar-refractivity contribution in [3.05, 3.63) is 22.2 Å². The fraction of sp³-hybridized carbons (Fsp3) is 0.364. The topological polar surface area (TPSA) is 72.5 Å². The van der Waals surface area contributed by atoms with E-state index in [9.17, 15) is 9.90 Å². The molecule has 0 saturated heterocycles. The zero-order valence-corrected chi connectivity index (χ0v) is 10.7. The largest absolute Gasteiger partial charge is 0.503 e. The third kappa shape index (κ3) is 2.74. The molecule has 1 rings (SSSR count). The Hall–Kier alpha value is -1.07. The first-order valence-corrected chi connectivity index (χ1v) is 5.71. The Morgan fingerprint density at radius 2 is 2.25 bits per heavy atom. The van der Waals surface area contributed by atoms with Crippen LogP contribution in [0.1, 0.15) is 24.2 Å². The third-order valence-electron chi connectivity index (χ3n) is 2.03. The van der Waals surface area contributed by atoms with E-state index < -0.39 is 6.04 Å². The van der Waals surface area contributed by atoms with Crippen LogP contribution in [0.25, 0.3) is 0 Å². The molecule has 16 heavy (non-hydrogen) atoms. The summed E-state index contributed by atoms with van der Waals surface area (Å²) in [4.78, 5) is 11.7. The number of rotatable bonds is 4. The molecule has 0 aliphatic rings. The van der Waals surface area contributed by atoms with Crippen LogP contribution in [-0.4, -0.2) is 23.5 Å². The molecular formula is C11H14BrNO3. The molecule has 0 aliphatic heterocycles. The number of hydrogen-bond donors (Lipinski definition) is 2. The number of Topliss-reactive ketones (excluding diaryl/α,β-unsaturated/α-hetero) is 1. The van der Waals surface area contributed by atoms with Gasteiger partial charge in [0, 0.05) is 5.56 Å². The Morgan fingerprint density at radius 1 is 1.62 bits per heavy atom. The lowest BCUT2D eigenvalue weighted by Crippen LogP contribution is -2.26. The summed E-state index contributed by atoms with van der Waals surface area (Å²) in [6.45, 7) is 3.83. The number of nitrogens with two attached hydrogens (primary N) is 1. The molecule has 0 aliphatic carbocycles. The second kappa shape index (κ2) is 5.32. The van der Waals surface area contributed by atoms with Gasteiger partial charge in [-0.05, 0) is 41.9 Å². The number of phenols is 1. The average molecular weight is 288 g/mol. The molecule has 0 fully saturated rings. The molecule has 0 spiro atoms. The molecule has 0 radical (unpaired) electrons. The highest BCUT2D eigenvalue weighted by molar-refractivity contribution is 9.10. The second-order valence-electron chi connectivity index (χ2n) is 3.39. The van der Waals surface area contributed by atoms with Crippen molar-refractivity contribution in [1.82, 2.24) is 0 Å². The van der Waals surface area contributed by atoms with E-state index in [2.05, 4.69) is 15.9 Å². The van der Waals surface area contributed by atoms with Gasteiger partial charge < -0.3 is 15.6 Å². The quantitative estimate of drug-likeness (QED) is 0.832. The number of ketones is 1. The summed E-state index contributed by atoms with van der Waals surface area (Å²) < 4.78 is 5.63. The number of phenolic OH excluding ortho intramolecular Hbond substituents is 1. The monoisotopic (exact) mass is 287 g/mol. The van der Waals surface area contributed by atoms with Gasteiger partial charge in [0.25, 0.3) is 0 Å². The van der Waals surface area contributed by atoms with Gasteiger partial charge in [0.15, 0.2) is 17.3 Å². The molecule has 0 aromatic heterocycles. The SMILES string of the molecule is CCOc1cc(C(=O)C(C)N)cc(Br)c1O. The molecule has 0 bridgehead atoms. The van der Waals surface area contributed by atoms with Crippen molar-refractivity contribution >= 4 is 21.7 Å². The van der Waals surface area contributed by atoms with E-state index in [1.807, 2.05) is 0 Å². The molecule has 1 aromatic rings. The Labute approximate surface area is 103 Å². The number of carbonyl (C=O) groups excluding carboxylic acids is 1. The Kier molecular flexibility index (Phi) is 4.32. The molecule has 1 aromatic carbocycles. The first-order valence-electron chi connectivity index (χ1n) is 4.92. The van der Waals surface area contributed by atoms with Crippen molar-refractivity contribution in [1.29, 1.82) is 0 Å². The highest BCUT2D eigenvalue weighted by Crippen LogP contribution is 2.35. The van der Waals surface area contributed by atoms with Gasteiger partial charge in [-0.1, -0.05) is 0 Å².